The van der Waals surface area contributed by atoms with Gasteiger partial charge in [0.2, 0.25) is 5.91 Å². The molecule has 1 atom stereocenters. The standard InChI is InChI=1S/C14H21FN2O2/c1-4-5-12(16)14(18)17-13-7-6-10(8-11(13)15)19-9(2)3/h6-9,12H,4-5,16H2,1-3H3,(H,17,18). The van der Waals surface area contributed by atoms with E-state index < -0.39 is 11.9 Å². The molecule has 1 unspecified atom stereocenters. The zero-order chi connectivity index (χ0) is 14.4. The lowest BCUT2D eigenvalue weighted by atomic mass is 10.1. The summed E-state index contributed by atoms with van der Waals surface area (Å²) in [5.74, 6) is -0.475. The third kappa shape index (κ3) is 4.87. The van der Waals surface area contributed by atoms with E-state index in [1.807, 2.05) is 20.8 Å². The number of ether oxygens (including phenoxy) is 1. The summed E-state index contributed by atoms with van der Waals surface area (Å²) in [6.45, 7) is 5.65. The lowest BCUT2D eigenvalue weighted by Gasteiger charge is -2.13. The number of nitrogens with two attached hydrogens (primary N) is 1. The summed E-state index contributed by atoms with van der Waals surface area (Å²) in [5, 5.41) is 2.48. The lowest BCUT2D eigenvalue weighted by molar-refractivity contribution is -0.117. The number of rotatable bonds is 6. The molecule has 1 aromatic rings. The second-order valence-corrected chi connectivity index (χ2v) is 4.69. The first kappa shape index (κ1) is 15.4. The van der Waals surface area contributed by atoms with Crippen LogP contribution in [-0.2, 0) is 4.79 Å². The van der Waals surface area contributed by atoms with Gasteiger partial charge in [0, 0.05) is 6.07 Å². The first-order chi connectivity index (χ1) is 8.93. The van der Waals surface area contributed by atoms with Gasteiger partial charge in [0.25, 0.3) is 0 Å². The summed E-state index contributed by atoms with van der Waals surface area (Å²) in [7, 11) is 0. The molecular weight excluding hydrogens is 247 g/mol. The van der Waals surface area contributed by atoms with Crippen molar-refractivity contribution in [1.82, 2.24) is 0 Å². The normalized spacial score (nSPS) is 12.3. The molecule has 4 nitrogen and oxygen atoms in total. The first-order valence-electron chi connectivity index (χ1n) is 6.46. The van der Waals surface area contributed by atoms with Crippen molar-refractivity contribution >= 4 is 11.6 Å². The average molecular weight is 268 g/mol. The number of amides is 1. The molecule has 0 spiro atoms. The SMILES string of the molecule is CCCC(N)C(=O)Nc1ccc(OC(C)C)cc1F. The summed E-state index contributed by atoms with van der Waals surface area (Å²) in [6, 6.07) is 3.73. The number of halogens is 1. The van der Waals surface area contributed by atoms with Crippen molar-refractivity contribution < 1.29 is 13.9 Å². The predicted octanol–water partition coefficient (Wildman–Crippen LogP) is 2.68. The molecule has 0 heterocycles. The number of hydrogen-bond acceptors (Lipinski definition) is 3. The Hall–Kier alpha value is -1.62. The minimum atomic E-state index is -0.615. The average Bonchev–Trinajstić information content (AvgIpc) is 2.32. The Balaban J connectivity index is 2.72. The van der Waals surface area contributed by atoms with E-state index in [9.17, 15) is 9.18 Å². The second-order valence-electron chi connectivity index (χ2n) is 4.69. The van der Waals surface area contributed by atoms with Gasteiger partial charge in [-0.1, -0.05) is 13.3 Å². The molecule has 0 fully saturated rings. The Kier molecular flexibility index (Phi) is 5.76. The van der Waals surface area contributed by atoms with E-state index in [0.29, 0.717) is 12.2 Å². The summed E-state index contributed by atoms with van der Waals surface area (Å²) >= 11 is 0. The van der Waals surface area contributed by atoms with E-state index in [-0.39, 0.29) is 17.7 Å². The van der Waals surface area contributed by atoms with Crippen molar-refractivity contribution in [3.05, 3.63) is 24.0 Å². The van der Waals surface area contributed by atoms with Crippen LogP contribution >= 0.6 is 0 Å². The Bertz CT molecular complexity index is 435. The van der Waals surface area contributed by atoms with Crippen molar-refractivity contribution in [3.8, 4) is 5.75 Å². The topological polar surface area (TPSA) is 64.4 Å². The van der Waals surface area contributed by atoms with Crippen LogP contribution in [0.2, 0.25) is 0 Å². The molecule has 0 aliphatic carbocycles. The van der Waals surface area contributed by atoms with E-state index >= 15 is 0 Å². The fraction of sp³-hybridized carbons (Fsp3) is 0.500. The molecule has 0 aromatic heterocycles. The molecule has 0 aliphatic heterocycles. The van der Waals surface area contributed by atoms with Crippen molar-refractivity contribution in [1.29, 1.82) is 0 Å². The van der Waals surface area contributed by atoms with E-state index in [0.717, 1.165) is 6.42 Å². The minimum Gasteiger partial charge on any atom is -0.491 e. The fourth-order valence-electron chi connectivity index (χ4n) is 1.61. The van der Waals surface area contributed by atoms with Crippen molar-refractivity contribution in [2.75, 3.05) is 5.32 Å². The van der Waals surface area contributed by atoms with Gasteiger partial charge in [-0.3, -0.25) is 4.79 Å². The zero-order valence-electron chi connectivity index (χ0n) is 11.6. The highest BCUT2D eigenvalue weighted by atomic mass is 19.1. The van der Waals surface area contributed by atoms with Gasteiger partial charge in [-0.15, -0.1) is 0 Å². The third-order valence-corrected chi connectivity index (χ3v) is 2.51. The Morgan fingerprint density at radius 1 is 1.47 bits per heavy atom. The van der Waals surface area contributed by atoms with Crippen LogP contribution in [0.4, 0.5) is 10.1 Å². The molecule has 19 heavy (non-hydrogen) atoms. The molecule has 5 heteroatoms. The van der Waals surface area contributed by atoms with Crippen LogP contribution < -0.4 is 15.8 Å². The first-order valence-corrected chi connectivity index (χ1v) is 6.46. The zero-order valence-corrected chi connectivity index (χ0v) is 11.6. The molecule has 3 N–H and O–H groups in total. The molecule has 1 rings (SSSR count). The van der Waals surface area contributed by atoms with E-state index in [1.165, 1.54) is 12.1 Å². The van der Waals surface area contributed by atoms with Crippen LogP contribution in [0.1, 0.15) is 33.6 Å². The molecule has 1 aromatic carbocycles. The number of nitrogens with one attached hydrogen (secondary N) is 1. The highest BCUT2D eigenvalue weighted by Crippen LogP contribution is 2.21. The maximum absolute atomic E-state index is 13.8. The maximum atomic E-state index is 13.8. The largest absolute Gasteiger partial charge is 0.491 e. The monoisotopic (exact) mass is 268 g/mol. The number of anilines is 1. The second kappa shape index (κ2) is 7.09. The summed E-state index contributed by atoms with van der Waals surface area (Å²) in [6.07, 6.45) is 1.35. The summed E-state index contributed by atoms with van der Waals surface area (Å²) < 4.78 is 19.1. The van der Waals surface area contributed by atoms with E-state index in [4.69, 9.17) is 10.5 Å². The molecule has 0 aliphatic rings. The van der Waals surface area contributed by atoms with E-state index in [2.05, 4.69) is 5.32 Å². The van der Waals surface area contributed by atoms with Gasteiger partial charge in [-0.25, -0.2) is 4.39 Å². The highest BCUT2D eigenvalue weighted by molar-refractivity contribution is 5.94. The Morgan fingerprint density at radius 2 is 2.16 bits per heavy atom. The fourth-order valence-corrected chi connectivity index (χ4v) is 1.61. The molecular formula is C14H21FN2O2. The van der Waals surface area contributed by atoms with Crippen LogP contribution in [0.25, 0.3) is 0 Å². The van der Waals surface area contributed by atoms with Gasteiger partial charge in [0.1, 0.15) is 11.6 Å². The van der Waals surface area contributed by atoms with Crippen molar-refractivity contribution in [2.24, 2.45) is 5.73 Å². The van der Waals surface area contributed by atoms with Gasteiger partial charge in [-0.2, -0.15) is 0 Å². The molecule has 0 saturated heterocycles. The van der Waals surface area contributed by atoms with Gasteiger partial charge in [-0.05, 0) is 32.4 Å². The van der Waals surface area contributed by atoms with Gasteiger partial charge in [0.15, 0.2) is 0 Å². The summed E-state index contributed by atoms with van der Waals surface area (Å²) in [5.41, 5.74) is 5.78. The molecule has 0 radical (unpaired) electrons. The number of hydrogen-bond donors (Lipinski definition) is 2. The van der Waals surface area contributed by atoms with Crippen LogP contribution in [0, 0.1) is 5.82 Å². The Labute approximate surface area is 113 Å². The van der Waals surface area contributed by atoms with Crippen molar-refractivity contribution in [2.45, 2.75) is 45.8 Å². The maximum Gasteiger partial charge on any atom is 0.241 e. The van der Waals surface area contributed by atoms with Crippen LogP contribution in [-0.4, -0.2) is 18.1 Å². The van der Waals surface area contributed by atoms with Gasteiger partial charge >= 0.3 is 0 Å². The highest BCUT2D eigenvalue weighted by Gasteiger charge is 2.14. The van der Waals surface area contributed by atoms with Crippen LogP contribution in [0.3, 0.4) is 0 Å². The summed E-state index contributed by atoms with van der Waals surface area (Å²) in [4.78, 5) is 11.7. The van der Waals surface area contributed by atoms with E-state index in [1.54, 1.807) is 6.07 Å². The minimum absolute atomic E-state index is 0.0298. The predicted molar refractivity (Wildman–Crippen MR) is 73.7 cm³/mol. The molecule has 1 amide bonds. The quantitative estimate of drug-likeness (QED) is 0.833. The molecule has 0 bridgehead atoms. The Morgan fingerprint density at radius 3 is 2.68 bits per heavy atom. The molecule has 106 valence electrons. The van der Waals surface area contributed by atoms with Crippen molar-refractivity contribution in [3.63, 3.8) is 0 Å². The number of carbonyl (C=O) groups is 1. The molecule has 0 saturated carbocycles. The van der Waals surface area contributed by atoms with Crippen LogP contribution in [0.5, 0.6) is 5.75 Å². The van der Waals surface area contributed by atoms with Gasteiger partial charge < -0.3 is 15.8 Å². The lowest BCUT2D eigenvalue weighted by Crippen LogP contribution is -2.35. The third-order valence-electron chi connectivity index (χ3n) is 2.51. The van der Waals surface area contributed by atoms with Gasteiger partial charge in [0.05, 0.1) is 17.8 Å². The van der Waals surface area contributed by atoms with Crippen LogP contribution in [0.15, 0.2) is 18.2 Å². The number of carbonyl (C=O) groups excluding carboxylic acids is 1. The smallest absolute Gasteiger partial charge is 0.241 e. The number of benzene rings is 1.